The van der Waals surface area contributed by atoms with Gasteiger partial charge < -0.3 is 4.74 Å². The first kappa shape index (κ1) is 17.1. The Morgan fingerprint density at radius 3 is 2.62 bits per heavy atom. The summed E-state index contributed by atoms with van der Waals surface area (Å²) in [5.74, 6) is 1.12. The topological polar surface area (TPSA) is 77.0 Å². The maximum Gasteiger partial charge on any atom is 0.269 e. The molecule has 0 atom stereocenters. The zero-order valence-corrected chi connectivity index (χ0v) is 16.1. The molecule has 3 aromatic rings. The number of carbonyl (C=O) groups is 1. The average Bonchev–Trinajstić information content (AvgIpc) is 3.20. The molecular weight excluding hydrogens is 368 g/mol. The Balaban J connectivity index is 1.50. The molecule has 1 fully saturated rings. The number of methoxy groups -OCH3 is 1. The molecule has 0 bridgehead atoms. The first-order chi connectivity index (χ1) is 12.6. The second-order valence-corrected chi connectivity index (χ2v) is 8.20. The highest BCUT2D eigenvalue weighted by molar-refractivity contribution is 7.17. The van der Waals surface area contributed by atoms with E-state index in [2.05, 4.69) is 20.5 Å². The molecule has 0 aliphatic heterocycles. The van der Waals surface area contributed by atoms with Crippen LogP contribution in [-0.2, 0) is 0 Å². The van der Waals surface area contributed by atoms with Crippen LogP contribution in [0.4, 0.5) is 5.13 Å². The van der Waals surface area contributed by atoms with Crippen molar-refractivity contribution in [1.29, 1.82) is 0 Å². The van der Waals surface area contributed by atoms with Gasteiger partial charge in [0.25, 0.3) is 5.91 Å². The molecular formula is C18H18N4O2S2. The van der Waals surface area contributed by atoms with Crippen molar-refractivity contribution in [3.63, 3.8) is 0 Å². The van der Waals surface area contributed by atoms with Gasteiger partial charge in [-0.1, -0.05) is 17.8 Å². The summed E-state index contributed by atoms with van der Waals surface area (Å²) in [4.78, 5) is 17.8. The van der Waals surface area contributed by atoms with Crippen molar-refractivity contribution in [1.82, 2.24) is 15.2 Å². The Hall–Kier alpha value is -2.32. The predicted octanol–water partition coefficient (Wildman–Crippen LogP) is 4.50. The normalized spacial score (nSPS) is 14.1. The van der Waals surface area contributed by atoms with Gasteiger partial charge in [-0.2, -0.15) is 0 Å². The second kappa shape index (κ2) is 7.13. The monoisotopic (exact) mass is 386 g/mol. The largest absolute Gasteiger partial charge is 0.497 e. The molecule has 2 heterocycles. The third-order valence-electron chi connectivity index (χ3n) is 4.46. The van der Waals surface area contributed by atoms with Crippen LogP contribution in [0.25, 0.3) is 10.6 Å². The number of nitrogens with zero attached hydrogens (tertiary/aromatic N) is 3. The molecule has 1 amide bonds. The smallest absolute Gasteiger partial charge is 0.269 e. The van der Waals surface area contributed by atoms with Crippen molar-refractivity contribution < 1.29 is 9.53 Å². The van der Waals surface area contributed by atoms with E-state index >= 15 is 0 Å². The molecule has 0 unspecified atom stereocenters. The number of benzene rings is 1. The second-order valence-electron chi connectivity index (χ2n) is 6.19. The van der Waals surface area contributed by atoms with Crippen LogP contribution in [0.15, 0.2) is 24.3 Å². The quantitative estimate of drug-likeness (QED) is 0.699. The number of thiazole rings is 1. The number of anilines is 1. The average molecular weight is 387 g/mol. The van der Waals surface area contributed by atoms with Crippen LogP contribution in [0.5, 0.6) is 5.75 Å². The number of rotatable bonds is 5. The summed E-state index contributed by atoms with van der Waals surface area (Å²) in [6.45, 7) is 1.85. The lowest BCUT2D eigenvalue weighted by Gasteiger charge is -2.21. The molecule has 8 heteroatoms. The van der Waals surface area contributed by atoms with Crippen LogP contribution in [0.2, 0.25) is 0 Å². The van der Waals surface area contributed by atoms with Crippen LogP contribution in [-0.4, -0.2) is 28.2 Å². The number of hydrogen-bond acceptors (Lipinski definition) is 7. The van der Waals surface area contributed by atoms with Gasteiger partial charge in [-0.3, -0.25) is 10.1 Å². The lowest BCUT2D eigenvalue weighted by molar-refractivity contribution is 0.102. The van der Waals surface area contributed by atoms with Gasteiger partial charge in [-0.15, -0.1) is 21.5 Å². The minimum Gasteiger partial charge on any atom is -0.497 e. The third-order valence-corrected chi connectivity index (χ3v) is 6.66. The predicted molar refractivity (Wildman–Crippen MR) is 103 cm³/mol. The molecule has 0 radical (unpaired) electrons. The van der Waals surface area contributed by atoms with E-state index in [4.69, 9.17) is 4.74 Å². The maximum absolute atomic E-state index is 12.6. The van der Waals surface area contributed by atoms with E-state index in [1.807, 2.05) is 31.2 Å². The van der Waals surface area contributed by atoms with E-state index in [1.54, 1.807) is 7.11 Å². The Morgan fingerprint density at radius 1 is 1.19 bits per heavy atom. The summed E-state index contributed by atoms with van der Waals surface area (Å²) >= 11 is 2.84. The van der Waals surface area contributed by atoms with Crippen LogP contribution in [0.1, 0.15) is 45.6 Å². The summed E-state index contributed by atoms with van der Waals surface area (Å²) in [6.07, 6.45) is 3.59. The molecule has 1 aliphatic carbocycles. The number of amides is 1. The fourth-order valence-electron chi connectivity index (χ4n) is 2.72. The Bertz CT molecular complexity index is 929. The number of aromatic nitrogens is 3. The molecule has 1 saturated carbocycles. The van der Waals surface area contributed by atoms with Gasteiger partial charge in [0.15, 0.2) is 0 Å². The van der Waals surface area contributed by atoms with Crippen molar-refractivity contribution in [2.45, 2.75) is 32.1 Å². The first-order valence-electron chi connectivity index (χ1n) is 8.40. The van der Waals surface area contributed by atoms with E-state index in [0.717, 1.165) is 21.3 Å². The van der Waals surface area contributed by atoms with Gasteiger partial charge in [-0.25, -0.2) is 4.98 Å². The number of aryl methyl sites for hydroxylation is 1. The van der Waals surface area contributed by atoms with Crippen molar-refractivity contribution in [3.05, 3.63) is 39.8 Å². The third kappa shape index (κ3) is 3.34. The molecule has 0 saturated heterocycles. The Morgan fingerprint density at radius 2 is 1.96 bits per heavy atom. The van der Waals surface area contributed by atoms with Crippen molar-refractivity contribution in [3.8, 4) is 16.3 Å². The zero-order valence-electron chi connectivity index (χ0n) is 14.5. The van der Waals surface area contributed by atoms with Crippen LogP contribution in [0, 0.1) is 6.92 Å². The van der Waals surface area contributed by atoms with Crippen LogP contribution in [0.3, 0.4) is 0 Å². The summed E-state index contributed by atoms with van der Waals surface area (Å²) in [7, 11) is 1.63. The fraction of sp³-hybridized carbons (Fsp3) is 0.333. The molecule has 26 heavy (non-hydrogen) atoms. The zero-order chi connectivity index (χ0) is 18.1. The number of hydrogen-bond donors (Lipinski definition) is 1. The minimum absolute atomic E-state index is 0.184. The minimum atomic E-state index is -0.184. The highest BCUT2D eigenvalue weighted by Crippen LogP contribution is 2.38. The molecule has 134 valence electrons. The van der Waals surface area contributed by atoms with E-state index in [1.165, 1.54) is 41.9 Å². The molecule has 4 rings (SSSR count). The fourth-order valence-corrected chi connectivity index (χ4v) is 4.60. The number of ether oxygens (including phenoxy) is 1. The van der Waals surface area contributed by atoms with Gasteiger partial charge in [0.05, 0.1) is 12.8 Å². The molecule has 6 nitrogen and oxygen atoms in total. The van der Waals surface area contributed by atoms with Gasteiger partial charge in [0.2, 0.25) is 5.13 Å². The van der Waals surface area contributed by atoms with E-state index in [0.29, 0.717) is 21.6 Å². The van der Waals surface area contributed by atoms with E-state index < -0.39 is 0 Å². The standard InChI is InChI=1S/C18H18N4O2S2/c1-10-14(25-16(19-10)12-6-8-13(24-2)9-7-12)15(23)20-18-22-21-17(26-18)11-4-3-5-11/h6-9,11H,3-5H2,1-2H3,(H,20,22,23). The Labute approximate surface area is 159 Å². The molecule has 2 aromatic heterocycles. The summed E-state index contributed by atoms with van der Waals surface area (Å²) in [5, 5.41) is 13.6. The SMILES string of the molecule is COc1ccc(-c2nc(C)c(C(=O)Nc3nnc(C4CCC4)s3)s2)cc1. The van der Waals surface area contributed by atoms with Crippen LogP contribution < -0.4 is 10.1 Å². The van der Waals surface area contributed by atoms with Crippen molar-refractivity contribution in [2.24, 2.45) is 0 Å². The van der Waals surface area contributed by atoms with Crippen molar-refractivity contribution >= 4 is 33.7 Å². The van der Waals surface area contributed by atoms with Crippen LogP contribution >= 0.6 is 22.7 Å². The highest BCUT2D eigenvalue weighted by atomic mass is 32.1. The molecule has 1 aromatic carbocycles. The first-order valence-corrected chi connectivity index (χ1v) is 10.0. The molecule has 1 N–H and O–H groups in total. The van der Waals surface area contributed by atoms with Gasteiger partial charge in [0, 0.05) is 11.5 Å². The lowest BCUT2D eigenvalue weighted by atomic mass is 9.86. The Kier molecular flexibility index (Phi) is 4.69. The lowest BCUT2D eigenvalue weighted by Crippen LogP contribution is -2.11. The number of nitrogens with one attached hydrogen (secondary N) is 1. The number of carbonyl (C=O) groups excluding carboxylic acids is 1. The molecule has 1 aliphatic rings. The summed E-state index contributed by atoms with van der Waals surface area (Å²) < 4.78 is 5.18. The van der Waals surface area contributed by atoms with Gasteiger partial charge >= 0.3 is 0 Å². The van der Waals surface area contributed by atoms with Gasteiger partial charge in [0.1, 0.15) is 20.6 Å². The molecule has 0 spiro atoms. The highest BCUT2D eigenvalue weighted by Gasteiger charge is 2.24. The maximum atomic E-state index is 12.6. The van der Waals surface area contributed by atoms with Gasteiger partial charge in [-0.05, 0) is 44.0 Å². The van der Waals surface area contributed by atoms with E-state index in [-0.39, 0.29) is 5.91 Å². The van der Waals surface area contributed by atoms with Crippen molar-refractivity contribution in [2.75, 3.05) is 12.4 Å². The van der Waals surface area contributed by atoms with E-state index in [9.17, 15) is 4.79 Å². The summed E-state index contributed by atoms with van der Waals surface area (Å²) in [6, 6.07) is 7.65. The summed E-state index contributed by atoms with van der Waals surface area (Å²) in [5.41, 5.74) is 1.67.